The van der Waals surface area contributed by atoms with E-state index in [1.54, 1.807) is 0 Å². The second-order valence-electron chi connectivity index (χ2n) is 7.99. The topological polar surface area (TPSA) is 61.0 Å². The molecule has 2 heterocycles. The number of piperidine rings is 1. The average molecular weight is 374 g/mol. The Bertz CT molecular complexity index is 954. The number of rotatable bonds is 3. The first-order valence-corrected chi connectivity index (χ1v) is 10.4. The van der Waals surface area contributed by atoms with Gasteiger partial charge in [0.25, 0.3) is 0 Å². The van der Waals surface area contributed by atoms with Crippen LogP contribution in [0.2, 0.25) is 0 Å². The Balaban J connectivity index is 1.22. The van der Waals surface area contributed by atoms with E-state index in [4.69, 9.17) is 4.98 Å². The molecule has 5 nitrogen and oxygen atoms in total. The summed E-state index contributed by atoms with van der Waals surface area (Å²) < 4.78 is 0. The molecule has 1 amide bonds. The van der Waals surface area contributed by atoms with Crippen molar-refractivity contribution in [1.82, 2.24) is 15.3 Å². The number of aromatic nitrogens is 2. The number of H-pyrrole nitrogens is 1. The second kappa shape index (κ2) is 7.30. The van der Waals surface area contributed by atoms with E-state index in [0.29, 0.717) is 0 Å². The van der Waals surface area contributed by atoms with Crippen molar-refractivity contribution < 1.29 is 4.79 Å². The monoisotopic (exact) mass is 374 g/mol. The van der Waals surface area contributed by atoms with Gasteiger partial charge in [-0.3, -0.25) is 4.79 Å². The third kappa shape index (κ3) is 3.26. The van der Waals surface area contributed by atoms with Crippen molar-refractivity contribution in [2.45, 2.75) is 38.1 Å². The van der Waals surface area contributed by atoms with Crippen molar-refractivity contribution in [1.29, 1.82) is 0 Å². The van der Waals surface area contributed by atoms with Gasteiger partial charge in [-0.05, 0) is 55.4 Å². The molecule has 3 aromatic rings. The Labute approximate surface area is 165 Å². The average Bonchev–Trinajstić information content (AvgIpc) is 3.18. The van der Waals surface area contributed by atoms with Crippen molar-refractivity contribution >= 4 is 22.9 Å². The molecule has 0 radical (unpaired) electrons. The summed E-state index contributed by atoms with van der Waals surface area (Å²) in [4.78, 5) is 23.3. The lowest BCUT2D eigenvalue weighted by Crippen LogP contribution is -2.42. The van der Waals surface area contributed by atoms with Crippen LogP contribution in [-0.4, -0.2) is 29.0 Å². The molecule has 0 saturated carbocycles. The molecule has 1 atom stereocenters. The molecule has 1 fully saturated rings. The third-order valence-corrected chi connectivity index (χ3v) is 6.23. The maximum atomic E-state index is 12.9. The fraction of sp³-hybridized carbons (Fsp3) is 0.391. The van der Waals surface area contributed by atoms with E-state index < -0.39 is 0 Å². The van der Waals surface area contributed by atoms with Crippen LogP contribution in [-0.2, 0) is 11.2 Å². The predicted molar refractivity (Wildman–Crippen MR) is 111 cm³/mol. The molecule has 2 N–H and O–H groups in total. The number of carbonyl (C=O) groups is 1. The summed E-state index contributed by atoms with van der Waals surface area (Å²) in [5.74, 6) is 1.22. The first kappa shape index (κ1) is 17.3. The molecule has 5 rings (SSSR count). The van der Waals surface area contributed by atoms with E-state index in [1.165, 1.54) is 11.1 Å². The first-order valence-electron chi connectivity index (χ1n) is 10.4. The summed E-state index contributed by atoms with van der Waals surface area (Å²) >= 11 is 0. The highest BCUT2D eigenvalue weighted by molar-refractivity contribution is 5.80. The van der Waals surface area contributed by atoms with Gasteiger partial charge in [-0.15, -0.1) is 0 Å². The second-order valence-corrected chi connectivity index (χ2v) is 7.99. The van der Waals surface area contributed by atoms with Crippen LogP contribution in [0, 0.1) is 5.92 Å². The van der Waals surface area contributed by atoms with Gasteiger partial charge in [0.2, 0.25) is 11.9 Å². The van der Waals surface area contributed by atoms with Gasteiger partial charge in [-0.25, -0.2) is 4.98 Å². The van der Waals surface area contributed by atoms with Crippen LogP contribution in [0.4, 0.5) is 5.95 Å². The molecule has 5 heteroatoms. The molecule has 0 bridgehead atoms. The summed E-state index contributed by atoms with van der Waals surface area (Å²) in [6.07, 6.45) is 5.06. The molecule has 1 aliphatic heterocycles. The molecule has 0 unspecified atom stereocenters. The Kier molecular flexibility index (Phi) is 4.51. The first-order chi connectivity index (χ1) is 13.8. The van der Waals surface area contributed by atoms with Gasteiger partial charge in [-0.2, -0.15) is 0 Å². The van der Waals surface area contributed by atoms with Crippen molar-refractivity contribution in [2.24, 2.45) is 5.92 Å². The zero-order valence-corrected chi connectivity index (χ0v) is 16.0. The highest BCUT2D eigenvalue weighted by atomic mass is 16.1. The lowest BCUT2D eigenvalue weighted by molar-refractivity contribution is -0.126. The number of carbonyl (C=O) groups excluding carboxylic acids is 1. The smallest absolute Gasteiger partial charge is 0.223 e. The number of imidazole rings is 1. The number of benzene rings is 2. The van der Waals surface area contributed by atoms with Gasteiger partial charge < -0.3 is 15.2 Å². The zero-order valence-electron chi connectivity index (χ0n) is 16.0. The number of amides is 1. The summed E-state index contributed by atoms with van der Waals surface area (Å²) in [6.45, 7) is 1.72. The minimum atomic E-state index is 0.0923. The van der Waals surface area contributed by atoms with Crippen LogP contribution in [0.5, 0.6) is 0 Å². The van der Waals surface area contributed by atoms with E-state index in [9.17, 15) is 4.79 Å². The number of nitrogens with one attached hydrogen (secondary N) is 2. The van der Waals surface area contributed by atoms with Gasteiger partial charge in [0, 0.05) is 19.0 Å². The number of aryl methyl sites for hydroxylation is 1. The quantitative estimate of drug-likeness (QED) is 0.729. The van der Waals surface area contributed by atoms with Gasteiger partial charge in [0.05, 0.1) is 17.1 Å². The fourth-order valence-corrected chi connectivity index (χ4v) is 4.64. The van der Waals surface area contributed by atoms with Crippen molar-refractivity contribution in [3.63, 3.8) is 0 Å². The number of nitrogens with zero attached hydrogens (tertiary/aromatic N) is 2. The van der Waals surface area contributed by atoms with Crippen LogP contribution < -0.4 is 10.2 Å². The molecule has 1 saturated heterocycles. The minimum Gasteiger partial charge on any atom is -0.349 e. The molecule has 2 aliphatic rings. The Morgan fingerprint density at radius 3 is 2.68 bits per heavy atom. The van der Waals surface area contributed by atoms with Crippen LogP contribution in [0.1, 0.15) is 42.9 Å². The zero-order chi connectivity index (χ0) is 18.9. The molecule has 0 spiro atoms. The molecule has 1 aromatic heterocycles. The lowest BCUT2D eigenvalue weighted by Gasteiger charge is -2.33. The summed E-state index contributed by atoms with van der Waals surface area (Å²) in [5, 5.41) is 3.34. The van der Waals surface area contributed by atoms with E-state index in [-0.39, 0.29) is 17.9 Å². The normalized spacial score (nSPS) is 20.1. The van der Waals surface area contributed by atoms with Crippen LogP contribution >= 0.6 is 0 Å². The van der Waals surface area contributed by atoms with Gasteiger partial charge in [0.15, 0.2) is 0 Å². The molecule has 1 aliphatic carbocycles. The third-order valence-electron chi connectivity index (χ3n) is 6.23. The molecular formula is C23H26N4O. The van der Waals surface area contributed by atoms with Gasteiger partial charge in [-0.1, -0.05) is 36.4 Å². The van der Waals surface area contributed by atoms with Gasteiger partial charge >= 0.3 is 0 Å². The van der Waals surface area contributed by atoms with Crippen molar-refractivity contribution in [2.75, 3.05) is 18.0 Å². The number of fused-ring (bicyclic) bond motifs is 2. The van der Waals surface area contributed by atoms with E-state index in [1.807, 2.05) is 24.3 Å². The number of hydrogen-bond donors (Lipinski definition) is 2. The van der Waals surface area contributed by atoms with E-state index >= 15 is 0 Å². The Hall–Kier alpha value is -2.82. The van der Waals surface area contributed by atoms with Crippen molar-refractivity contribution in [3.8, 4) is 0 Å². The summed E-state index contributed by atoms with van der Waals surface area (Å²) in [6, 6.07) is 16.8. The van der Waals surface area contributed by atoms with Gasteiger partial charge in [0.1, 0.15) is 0 Å². The highest BCUT2D eigenvalue weighted by Crippen LogP contribution is 2.30. The Morgan fingerprint density at radius 2 is 1.82 bits per heavy atom. The SMILES string of the molecule is O=C(N[C@H]1CCCc2ccccc21)C1CCN(c2nc3ccccc3[nH]2)CC1. The standard InChI is InChI=1S/C23H26N4O/c28-22(24-19-11-5-7-16-6-1-2-8-18(16)19)17-12-14-27(15-13-17)23-25-20-9-3-4-10-21(20)26-23/h1-4,6,8-10,17,19H,5,7,11-15H2,(H,24,28)(H,25,26)/t19-/m0/s1. The summed E-state index contributed by atoms with van der Waals surface area (Å²) in [7, 11) is 0. The molecular weight excluding hydrogens is 348 g/mol. The largest absolute Gasteiger partial charge is 0.349 e. The van der Waals surface area contributed by atoms with Crippen LogP contribution in [0.3, 0.4) is 0 Å². The Morgan fingerprint density at radius 1 is 1.04 bits per heavy atom. The maximum absolute atomic E-state index is 12.9. The number of hydrogen-bond acceptors (Lipinski definition) is 3. The van der Waals surface area contributed by atoms with E-state index in [2.05, 4.69) is 39.5 Å². The molecule has 28 heavy (non-hydrogen) atoms. The number of aromatic amines is 1. The van der Waals surface area contributed by atoms with Crippen LogP contribution in [0.25, 0.3) is 11.0 Å². The number of para-hydroxylation sites is 2. The predicted octanol–water partition coefficient (Wildman–Crippen LogP) is 3.97. The van der Waals surface area contributed by atoms with Crippen LogP contribution in [0.15, 0.2) is 48.5 Å². The molecule has 2 aromatic carbocycles. The number of anilines is 1. The maximum Gasteiger partial charge on any atom is 0.223 e. The minimum absolute atomic E-state index is 0.0923. The fourth-order valence-electron chi connectivity index (χ4n) is 4.64. The molecule has 144 valence electrons. The van der Waals surface area contributed by atoms with E-state index in [0.717, 1.165) is 62.2 Å². The van der Waals surface area contributed by atoms with Crippen molar-refractivity contribution in [3.05, 3.63) is 59.7 Å². The summed E-state index contributed by atoms with van der Waals surface area (Å²) in [5.41, 5.74) is 4.75. The lowest BCUT2D eigenvalue weighted by atomic mass is 9.87. The highest BCUT2D eigenvalue weighted by Gasteiger charge is 2.29.